The minimum atomic E-state index is -0.367. The second-order valence-corrected chi connectivity index (χ2v) is 7.92. The van der Waals surface area contributed by atoms with E-state index in [1.807, 2.05) is 60.9 Å². The Morgan fingerprint density at radius 3 is 2.48 bits per heavy atom. The first kappa shape index (κ1) is 22.3. The van der Waals surface area contributed by atoms with E-state index in [0.29, 0.717) is 23.9 Å². The van der Waals surface area contributed by atoms with Gasteiger partial charge in [0.25, 0.3) is 5.69 Å². The molecule has 0 spiro atoms. The second-order valence-electron chi connectivity index (χ2n) is 7.92. The molecular weight excluding hydrogens is 418 g/mol. The summed E-state index contributed by atoms with van der Waals surface area (Å²) in [5.74, 6) is 1.84. The zero-order valence-electron chi connectivity index (χ0n) is 18.6. The molecule has 1 heterocycles. The summed E-state index contributed by atoms with van der Waals surface area (Å²) in [7, 11) is 0. The minimum Gasteiger partial charge on any atom is -0.485 e. The number of hydrogen-bond donors (Lipinski definition) is 0. The highest BCUT2D eigenvalue weighted by atomic mass is 16.6. The Hall–Kier alpha value is -3.87. The Kier molecular flexibility index (Phi) is 7.19. The summed E-state index contributed by atoms with van der Waals surface area (Å²) < 4.78 is 12.3. The fraction of sp³-hybridized carbons (Fsp3) is 0.269. The lowest BCUT2D eigenvalue weighted by molar-refractivity contribution is -0.385. The van der Waals surface area contributed by atoms with Crippen LogP contribution in [0, 0.1) is 10.1 Å². The average molecular weight is 446 g/mol. The first-order chi connectivity index (χ1) is 16.1. The number of nitro groups is 1. The van der Waals surface area contributed by atoms with Crippen molar-refractivity contribution in [3.05, 3.63) is 94.0 Å². The van der Waals surface area contributed by atoms with Gasteiger partial charge in [-0.05, 0) is 30.2 Å². The van der Waals surface area contributed by atoms with Crippen LogP contribution >= 0.6 is 0 Å². The first-order valence-corrected chi connectivity index (χ1v) is 11.1. The molecule has 0 aliphatic carbocycles. The van der Waals surface area contributed by atoms with Crippen LogP contribution in [0.4, 0.5) is 5.69 Å². The van der Waals surface area contributed by atoms with E-state index < -0.39 is 0 Å². The normalized spacial score (nSPS) is 13.7. The molecule has 0 fully saturated rings. The monoisotopic (exact) mass is 445 g/mol. The van der Waals surface area contributed by atoms with E-state index in [2.05, 4.69) is 16.8 Å². The lowest BCUT2D eigenvalue weighted by Crippen LogP contribution is -2.25. The predicted octanol–water partition coefficient (Wildman–Crippen LogP) is 5.80. The summed E-state index contributed by atoms with van der Waals surface area (Å²) >= 11 is 0. The van der Waals surface area contributed by atoms with E-state index in [9.17, 15) is 10.1 Å². The Balaban J connectivity index is 1.61. The van der Waals surface area contributed by atoms with E-state index in [1.165, 1.54) is 6.07 Å². The van der Waals surface area contributed by atoms with Crippen molar-refractivity contribution in [3.63, 3.8) is 0 Å². The molecule has 3 aromatic rings. The van der Waals surface area contributed by atoms with Crippen LogP contribution in [0.25, 0.3) is 0 Å². The van der Waals surface area contributed by atoms with Crippen LogP contribution in [-0.2, 0) is 6.61 Å². The van der Waals surface area contributed by atoms with Crippen molar-refractivity contribution in [3.8, 4) is 17.2 Å². The first-order valence-electron chi connectivity index (χ1n) is 11.1. The average Bonchev–Trinajstić information content (AvgIpc) is 3.36. The third kappa shape index (κ3) is 5.68. The van der Waals surface area contributed by atoms with Gasteiger partial charge in [0, 0.05) is 36.7 Å². The molecule has 0 N–H and O–H groups in total. The number of nitro benzene ring substituents is 1. The molecule has 1 aliphatic heterocycles. The summed E-state index contributed by atoms with van der Waals surface area (Å²) in [6.07, 6.45) is 2.67. The molecule has 0 amide bonds. The lowest BCUT2D eigenvalue weighted by atomic mass is 9.94. The smallest absolute Gasteiger partial charge is 0.269 e. The van der Waals surface area contributed by atoms with Crippen LogP contribution in [0.3, 0.4) is 0 Å². The molecular formula is C26H27N3O4. The van der Waals surface area contributed by atoms with Crippen LogP contribution in [0.1, 0.15) is 30.4 Å². The number of benzene rings is 3. The highest BCUT2D eigenvalue weighted by molar-refractivity contribution is 5.57. The topological polar surface area (TPSA) is 77.2 Å². The van der Waals surface area contributed by atoms with E-state index >= 15 is 0 Å². The van der Waals surface area contributed by atoms with Gasteiger partial charge < -0.3 is 14.4 Å². The summed E-state index contributed by atoms with van der Waals surface area (Å²) in [6.45, 7) is 4.86. The summed E-state index contributed by atoms with van der Waals surface area (Å²) in [4.78, 5) is 17.5. The second kappa shape index (κ2) is 10.6. The molecule has 1 aliphatic rings. The van der Waals surface area contributed by atoms with Crippen molar-refractivity contribution in [2.24, 2.45) is 4.99 Å². The maximum absolute atomic E-state index is 11.5. The molecule has 0 saturated heterocycles. The number of rotatable bonds is 10. The van der Waals surface area contributed by atoms with Crippen molar-refractivity contribution in [2.75, 3.05) is 19.6 Å². The molecule has 0 radical (unpaired) electrons. The van der Waals surface area contributed by atoms with Crippen LogP contribution < -0.4 is 9.47 Å². The predicted molar refractivity (Wildman–Crippen MR) is 128 cm³/mol. The molecule has 0 saturated carbocycles. The van der Waals surface area contributed by atoms with Crippen LogP contribution in [0.2, 0.25) is 0 Å². The Bertz CT molecular complexity index is 1120. The van der Waals surface area contributed by atoms with Gasteiger partial charge in [-0.2, -0.15) is 0 Å². The molecule has 0 bridgehead atoms. The molecule has 3 aromatic carbocycles. The zero-order chi connectivity index (χ0) is 23.0. The zero-order valence-corrected chi connectivity index (χ0v) is 18.6. The van der Waals surface area contributed by atoms with Crippen LogP contribution in [0.5, 0.6) is 17.2 Å². The molecule has 7 nitrogen and oxygen atoms in total. The van der Waals surface area contributed by atoms with Crippen molar-refractivity contribution in [2.45, 2.75) is 25.9 Å². The standard InChI is InChI=1S/C26H27N3O4/c1-2-21(17-28-15-14-27-19-28)23-16-22(29(30)31)12-13-24(23)33-26-11-7-6-10-25(26)32-18-20-8-4-3-5-9-20/h3-13,16,19,21H,2,14-15,17-18H2,1H3. The molecule has 170 valence electrons. The van der Waals surface area contributed by atoms with Gasteiger partial charge in [-0.25, -0.2) is 0 Å². The number of hydrogen-bond acceptors (Lipinski definition) is 6. The number of ether oxygens (including phenoxy) is 2. The van der Waals surface area contributed by atoms with Crippen LogP contribution in [-0.4, -0.2) is 35.8 Å². The van der Waals surface area contributed by atoms with Gasteiger partial charge in [0.1, 0.15) is 12.4 Å². The number of aliphatic imine (C=N–C) groups is 1. The largest absolute Gasteiger partial charge is 0.485 e. The third-order valence-corrected chi connectivity index (χ3v) is 5.66. The summed E-state index contributed by atoms with van der Waals surface area (Å²) in [6, 6.07) is 22.2. The van der Waals surface area contributed by atoms with E-state index in [1.54, 1.807) is 12.1 Å². The molecule has 7 heteroatoms. The molecule has 1 atom stereocenters. The third-order valence-electron chi connectivity index (χ3n) is 5.66. The molecule has 1 unspecified atom stereocenters. The maximum Gasteiger partial charge on any atom is 0.269 e. The summed E-state index contributed by atoms with van der Waals surface area (Å²) in [5.41, 5.74) is 1.92. The SMILES string of the molecule is CCC(CN1C=NCC1)c1cc([N+](=O)[O-])ccc1Oc1ccccc1OCc1ccccc1. The van der Waals surface area contributed by atoms with Crippen LogP contribution in [0.15, 0.2) is 77.8 Å². The fourth-order valence-corrected chi connectivity index (χ4v) is 3.85. The lowest BCUT2D eigenvalue weighted by Gasteiger charge is -2.24. The van der Waals surface area contributed by atoms with Gasteiger partial charge in [-0.1, -0.05) is 49.4 Å². The van der Waals surface area contributed by atoms with Crippen molar-refractivity contribution < 1.29 is 14.4 Å². The van der Waals surface area contributed by atoms with Gasteiger partial charge in [0.2, 0.25) is 0 Å². The van der Waals surface area contributed by atoms with Crippen molar-refractivity contribution >= 4 is 12.0 Å². The fourth-order valence-electron chi connectivity index (χ4n) is 3.85. The quantitative estimate of drug-likeness (QED) is 0.291. The van der Waals surface area contributed by atoms with Crippen molar-refractivity contribution in [1.29, 1.82) is 0 Å². The van der Waals surface area contributed by atoms with Gasteiger partial charge in [-0.3, -0.25) is 15.1 Å². The maximum atomic E-state index is 11.5. The molecule has 0 aromatic heterocycles. The van der Waals surface area contributed by atoms with Gasteiger partial charge >= 0.3 is 0 Å². The highest BCUT2D eigenvalue weighted by Crippen LogP contribution is 2.38. The Labute approximate surface area is 193 Å². The van der Waals surface area contributed by atoms with E-state index in [4.69, 9.17) is 9.47 Å². The van der Waals surface area contributed by atoms with Gasteiger partial charge in [0.05, 0.1) is 17.8 Å². The highest BCUT2D eigenvalue weighted by Gasteiger charge is 2.22. The van der Waals surface area contributed by atoms with E-state index in [-0.39, 0.29) is 16.5 Å². The molecule has 33 heavy (non-hydrogen) atoms. The van der Waals surface area contributed by atoms with Crippen molar-refractivity contribution in [1.82, 2.24) is 4.90 Å². The summed E-state index contributed by atoms with van der Waals surface area (Å²) in [5, 5.41) is 11.5. The Morgan fingerprint density at radius 1 is 1.03 bits per heavy atom. The number of nitrogens with zero attached hydrogens (tertiary/aromatic N) is 3. The minimum absolute atomic E-state index is 0.0551. The molecule has 4 rings (SSSR count). The van der Waals surface area contributed by atoms with Gasteiger partial charge in [0.15, 0.2) is 11.5 Å². The van der Waals surface area contributed by atoms with Gasteiger partial charge in [-0.15, -0.1) is 0 Å². The Morgan fingerprint density at radius 2 is 1.79 bits per heavy atom. The number of para-hydroxylation sites is 2. The number of non-ortho nitro benzene ring substituents is 1. The van der Waals surface area contributed by atoms with E-state index in [0.717, 1.165) is 37.2 Å².